The number of piperazine rings is 1. The van der Waals surface area contributed by atoms with Crippen LogP contribution < -0.4 is 11.1 Å². The molecule has 0 atom stereocenters. The Balaban J connectivity index is 1.99. The minimum Gasteiger partial charge on any atom is -0.404 e. The van der Waals surface area contributed by atoms with E-state index < -0.39 is 0 Å². The van der Waals surface area contributed by atoms with E-state index in [2.05, 4.69) is 67.2 Å². The van der Waals surface area contributed by atoms with E-state index in [1.165, 1.54) is 15.4 Å². The predicted molar refractivity (Wildman–Crippen MR) is 116 cm³/mol. The molecule has 0 bridgehead atoms. The van der Waals surface area contributed by atoms with Crippen LogP contribution >= 0.6 is 11.8 Å². The first-order valence-electron chi connectivity index (χ1n) is 9.63. The minimum absolute atomic E-state index is 0.461. The van der Waals surface area contributed by atoms with Crippen molar-refractivity contribution in [2.24, 2.45) is 10.7 Å². The van der Waals surface area contributed by atoms with Crippen molar-refractivity contribution in [3.63, 3.8) is 0 Å². The lowest BCUT2D eigenvalue weighted by Crippen LogP contribution is -2.47. The van der Waals surface area contributed by atoms with E-state index in [9.17, 15) is 0 Å². The van der Waals surface area contributed by atoms with Crippen molar-refractivity contribution < 1.29 is 0 Å². The second kappa shape index (κ2) is 8.95. The van der Waals surface area contributed by atoms with Crippen LogP contribution in [0.25, 0.3) is 0 Å². The van der Waals surface area contributed by atoms with E-state index in [0.717, 1.165) is 49.8 Å². The van der Waals surface area contributed by atoms with Crippen LogP contribution in [0.3, 0.4) is 0 Å². The van der Waals surface area contributed by atoms with Gasteiger partial charge in [-0.05, 0) is 42.6 Å². The van der Waals surface area contributed by atoms with Crippen LogP contribution in [-0.4, -0.2) is 54.9 Å². The largest absolute Gasteiger partial charge is 0.404 e. The number of nitrogens with one attached hydrogen (secondary N) is 1. The number of thioether (sulfide) groups is 1. The molecule has 0 unspecified atom stereocenters. The third-order valence-electron chi connectivity index (χ3n) is 4.83. The molecule has 0 aromatic heterocycles. The number of hydrogen-bond acceptors (Lipinski definition) is 6. The van der Waals surface area contributed by atoms with Gasteiger partial charge in [-0.15, -0.1) is 0 Å². The second-order valence-electron chi connectivity index (χ2n) is 7.54. The number of benzene rings is 1. The van der Waals surface area contributed by atoms with Gasteiger partial charge in [-0.3, -0.25) is 0 Å². The topological polar surface area (TPSA) is 56.9 Å². The zero-order chi connectivity index (χ0) is 19.4. The summed E-state index contributed by atoms with van der Waals surface area (Å²) in [6.07, 6.45) is 3.84. The van der Waals surface area contributed by atoms with Gasteiger partial charge < -0.3 is 20.9 Å². The lowest BCUT2D eigenvalue weighted by atomic mass is 10.1. The van der Waals surface area contributed by atoms with Gasteiger partial charge in [0, 0.05) is 55.4 Å². The van der Waals surface area contributed by atoms with Crippen LogP contribution in [0.4, 0.5) is 5.69 Å². The van der Waals surface area contributed by atoms with Gasteiger partial charge >= 0.3 is 0 Å². The number of hydrogen-bond donors (Lipinski definition) is 2. The third-order valence-corrected chi connectivity index (χ3v) is 5.84. The molecule has 27 heavy (non-hydrogen) atoms. The fourth-order valence-electron chi connectivity index (χ4n) is 3.23. The summed E-state index contributed by atoms with van der Waals surface area (Å²) in [5, 5.41) is 3.49. The number of nitrogens with zero attached hydrogens (tertiary/aromatic N) is 3. The molecule has 3 N–H and O–H groups in total. The van der Waals surface area contributed by atoms with Gasteiger partial charge in [0.25, 0.3) is 0 Å². The zero-order valence-corrected chi connectivity index (χ0v) is 17.6. The molecule has 146 valence electrons. The Kier molecular flexibility index (Phi) is 6.63. The van der Waals surface area contributed by atoms with Crippen molar-refractivity contribution in [1.82, 2.24) is 15.1 Å². The van der Waals surface area contributed by atoms with Gasteiger partial charge in [0.1, 0.15) is 5.84 Å². The summed E-state index contributed by atoms with van der Waals surface area (Å²) in [7, 11) is 2.17. The van der Waals surface area contributed by atoms with E-state index in [1.807, 2.05) is 0 Å². The number of likely N-dealkylation sites (N-methyl/N-ethyl adjacent to an activating group) is 1. The maximum Gasteiger partial charge on any atom is 0.138 e. The fraction of sp³-hybridized carbons (Fsp3) is 0.476. The molecule has 0 radical (unpaired) electrons. The van der Waals surface area contributed by atoms with Gasteiger partial charge in [0.2, 0.25) is 0 Å². The number of amidine groups is 1. The molecule has 0 spiro atoms. The first kappa shape index (κ1) is 20.0. The van der Waals surface area contributed by atoms with Crippen LogP contribution in [0.1, 0.15) is 26.3 Å². The molecule has 0 saturated carbocycles. The van der Waals surface area contributed by atoms with E-state index in [4.69, 9.17) is 10.7 Å². The number of allylic oxidation sites excluding steroid dienone is 1. The maximum atomic E-state index is 6.00. The highest BCUT2D eigenvalue weighted by atomic mass is 32.2. The molecule has 2 aliphatic rings. The SMILES string of the molecule is C/C1=C/C(=C/N)C(/N2CCN(C)CC2)=N\c2cc(CNC(C)C)ccc2S1. The van der Waals surface area contributed by atoms with E-state index in [-0.39, 0.29) is 0 Å². The lowest BCUT2D eigenvalue weighted by Gasteiger charge is -2.35. The van der Waals surface area contributed by atoms with Gasteiger partial charge in [-0.2, -0.15) is 0 Å². The highest BCUT2D eigenvalue weighted by molar-refractivity contribution is 8.03. The molecule has 1 aromatic carbocycles. The summed E-state index contributed by atoms with van der Waals surface area (Å²) in [6, 6.07) is 7.06. The van der Waals surface area contributed by atoms with E-state index >= 15 is 0 Å². The average molecular weight is 386 g/mol. The highest BCUT2D eigenvalue weighted by Gasteiger charge is 2.22. The van der Waals surface area contributed by atoms with Gasteiger partial charge in [0.05, 0.1) is 5.69 Å². The van der Waals surface area contributed by atoms with E-state index in [0.29, 0.717) is 6.04 Å². The first-order valence-corrected chi connectivity index (χ1v) is 10.4. The van der Waals surface area contributed by atoms with Crippen LogP contribution in [0, 0.1) is 0 Å². The van der Waals surface area contributed by atoms with Crippen LogP contribution in [0.15, 0.2) is 50.8 Å². The molecule has 1 saturated heterocycles. The van der Waals surface area contributed by atoms with Gasteiger partial charge in [-0.25, -0.2) is 4.99 Å². The Morgan fingerprint density at radius 3 is 2.67 bits per heavy atom. The van der Waals surface area contributed by atoms with Crippen molar-refractivity contribution in [2.45, 2.75) is 38.3 Å². The molecule has 6 heteroatoms. The third kappa shape index (κ3) is 5.15. The standard InChI is InChI=1S/C21H31N5S/c1-15(2)23-14-17-5-6-20-19(12-17)24-21(18(13-22)11-16(3)27-20)26-9-7-25(4)8-10-26/h5-6,11-13,15,23H,7-10,14,22H2,1-4H3/b16-11-,18-13-,24-21+. The predicted octanol–water partition coefficient (Wildman–Crippen LogP) is 3.31. The summed E-state index contributed by atoms with van der Waals surface area (Å²) in [4.78, 5) is 12.2. The van der Waals surface area contributed by atoms with Crippen LogP contribution in [-0.2, 0) is 6.54 Å². The Labute approximate surface area is 167 Å². The van der Waals surface area contributed by atoms with Crippen molar-refractivity contribution in [3.05, 3.63) is 46.5 Å². The van der Waals surface area contributed by atoms with E-state index in [1.54, 1.807) is 18.0 Å². The fourth-order valence-corrected chi connectivity index (χ4v) is 4.11. The molecule has 1 aromatic rings. The Bertz CT molecular complexity index is 758. The van der Waals surface area contributed by atoms with Crippen molar-refractivity contribution in [2.75, 3.05) is 33.2 Å². The Hall–Kier alpha value is -1.76. The number of nitrogens with two attached hydrogens (primary N) is 1. The lowest BCUT2D eigenvalue weighted by molar-refractivity contribution is 0.215. The summed E-state index contributed by atoms with van der Waals surface area (Å²) in [6.45, 7) is 11.3. The first-order chi connectivity index (χ1) is 13.0. The van der Waals surface area contributed by atoms with Crippen molar-refractivity contribution >= 4 is 23.3 Å². The Morgan fingerprint density at radius 1 is 1.26 bits per heavy atom. The van der Waals surface area contributed by atoms with Crippen molar-refractivity contribution in [1.29, 1.82) is 0 Å². The van der Waals surface area contributed by atoms with Gasteiger partial charge in [-0.1, -0.05) is 31.7 Å². The molecular formula is C21H31N5S. The summed E-state index contributed by atoms with van der Waals surface area (Å²) in [5.41, 5.74) is 9.28. The second-order valence-corrected chi connectivity index (χ2v) is 8.83. The van der Waals surface area contributed by atoms with Gasteiger partial charge in [0.15, 0.2) is 0 Å². The summed E-state index contributed by atoms with van der Waals surface area (Å²) >= 11 is 1.76. The quantitative estimate of drug-likeness (QED) is 0.836. The normalized spacial score (nSPS) is 24.0. The molecule has 3 rings (SSSR count). The number of aliphatic imine (C=N–C) groups is 1. The molecule has 2 heterocycles. The van der Waals surface area contributed by atoms with Crippen molar-refractivity contribution in [3.8, 4) is 0 Å². The molecule has 5 nitrogen and oxygen atoms in total. The minimum atomic E-state index is 0.461. The monoisotopic (exact) mass is 385 g/mol. The molecule has 0 amide bonds. The smallest absolute Gasteiger partial charge is 0.138 e. The zero-order valence-electron chi connectivity index (χ0n) is 16.8. The number of fused-ring (bicyclic) bond motifs is 1. The number of rotatable bonds is 3. The summed E-state index contributed by atoms with van der Waals surface area (Å²) < 4.78 is 0. The molecule has 0 aliphatic carbocycles. The van der Waals surface area contributed by atoms with Crippen LogP contribution in [0.2, 0.25) is 0 Å². The highest BCUT2D eigenvalue weighted by Crippen LogP contribution is 2.38. The summed E-state index contributed by atoms with van der Waals surface area (Å²) in [5.74, 6) is 0.987. The Morgan fingerprint density at radius 2 is 2.00 bits per heavy atom. The van der Waals surface area contributed by atoms with Crippen LogP contribution in [0.5, 0.6) is 0 Å². The average Bonchev–Trinajstić information content (AvgIpc) is 2.63. The molecular weight excluding hydrogens is 354 g/mol. The molecule has 2 aliphatic heterocycles. The maximum absolute atomic E-state index is 6.00. The molecule has 1 fully saturated rings.